The fourth-order valence-electron chi connectivity index (χ4n) is 3.29. The van der Waals surface area contributed by atoms with Crippen LogP contribution in [0.1, 0.15) is 48.6 Å². The minimum absolute atomic E-state index is 0.0840. The summed E-state index contributed by atoms with van der Waals surface area (Å²) in [5.41, 5.74) is 0.976. The van der Waals surface area contributed by atoms with E-state index in [1.807, 2.05) is 22.4 Å². The molecule has 0 spiro atoms. The molecule has 1 aromatic carbocycles. The fourth-order valence-corrected chi connectivity index (χ4v) is 4.12. The maximum Gasteiger partial charge on any atom is 0.236 e. The van der Waals surface area contributed by atoms with Gasteiger partial charge in [0.05, 0.1) is 12.6 Å². The number of hydrogen-bond acceptors (Lipinski definition) is 3. The quantitative estimate of drug-likeness (QED) is 0.859. The van der Waals surface area contributed by atoms with Crippen LogP contribution in [0.4, 0.5) is 4.39 Å². The highest BCUT2D eigenvalue weighted by molar-refractivity contribution is 7.10. The Morgan fingerprint density at radius 1 is 1.08 bits per heavy atom. The summed E-state index contributed by atoms with van der Waals surface area (Å²) < 4.78 is 13.2. The first-order valence-corrected chi connectivity index (χ1v) is 9.92. The highest BCUT2D eigenvalue weighted by Gasteiger charge is 2.19. The molecule has 2 heterocycles. The van der Waals surface area contributed by atoms with Crippen molar-refractivity contribution in [3.05, 3.63) is 58.0 Å². The van der Waals surface area contributed by atoms with Crippen LogP contribution in [0.5, 0.6) is 0 Å². The lowest BCUT2D eigenvalue weighted by Crippen LogP contribution is -2.41. The van der Waals surface area contributed by atoms with E-state index >= 15 is 0 Å². The summed E-state index contributed by atoms with van der Waals surface area (Å²) in [6, 6.07) is 10.5. The zero-order valence-corrected chi connectivity index (χ0v) is 15.2. The van der Waals surface area contributed by atoms with Crippen LogP contribution < -0.4 is 5.32 Å². The van der Waals surface area contributed by atoms with Crippen LogP contribution in [-0.4, -0.2) is 30.4 Å². The van der Waals surface area contributed by atoms with E-state index < -0.39 is 0 Å². The summed E-state index contributed by atoms with van der Waals surface area (Å²) in [6.45, 7) is 2.03. The molecule has 1 amide bonds. The number of nitrogens with one attached hydrogen (secondary N) is 1. The zero-order chi connectivity index (χ0) is 17.5. The van der Waals surface area contributed by atoms with Crippen LogP contribution in [0.2, 0.25) is 0 Å². The fraction of sp³-hybridized carbons (Fsp3) is 0.450. The number of likely N-dealkylation sites (tertiary alicyclic amines) is 1. The Balaban J connectivity index is 1.66. The van der Waals surface area contributed by atoms with E-state index in [2.05, 4.69) is 5.32 Å². The van der Waals surface area contributed by atoms with Gasteiger partial charge in [0.1, 0.15) is 5.82 Å². The second kappa shape index (κ2) is 9.11. The largest absolute Gasteiger partial charge is 0.342 e. The molecular weight excluding hydrogens is 335 g/mol. The average molecular weight is 360 g/mol. The molecule has 134 valence electrons. The third-order valence-corrected chi connectivity index (χ3v) is 5.63. The standard InChI is InChI=1S/C20H25FN2OS/c21-17-10-8-16(9-11-17)20(18-7-6-14-25-18)22-15-19(24)23-12-4-2-1-3-5-13-23/h6-11,14,20,22H,1-5,12-13,15H2. The Bertz CT molecular complexity index is 649. The molecule has 1 aromatic heterocycles. The van der Waals surface area contributed by atoms with Gasteiger partial charge in [0.15, 0.2) is 0 Å². The minimum atomic E-state index is -0.245. The first kappa shape index (κ1) is 18.1. The molecule has 1 aliphatic rings. The van der Waals surface area contributed by atoms with E-state index in [-0.39, 0.29) is 17.8 Å². The van der Waals surface area contributed by atoms with Gasteiger partial charge < -0.3 is 4.90 Å². The van der Waals surface area contributed by atoms with Crippen molar-refractivity contribution < 1.29 is 9.18 Å². The van der Waals surface area contributed by atoms with E-state index in [0.29, 0.717) is 6.54 Å². The summed E-state index contributed by atoms with van der Waals surface area (Å²) in [7, 11) is 0. The lowest BCUT2D eigenvalue weighted by atomic mass is 10.1. The topological polar surface area (TPSA) is 32.3 Å². The van der Waals surface area contributed by atoms with Gasteiger partial charge >= 0.3 is 0 Å². The van der Waals surface area contributed by atoms with Gasteiger partial charge in [-0.1, -0.05) is 37.5 Å². The molecule has 3 rings (SSSR count). The number of carbonyl (C=O) groups is 1. The first-order chi connectivity index (χ1) is 12.2. The Labute approximate surface area is 152 Å². The maximum absolute atomic E-state index is 13.2. The monoisotopic (exact) mass is 360 g/mol. The molecule has 0 saturated carbocycles. The van der Waals surface area contributed by atoms with Crippen molar-refractivity contribution in [1.29, 1.82) is 0 Å². The van der Waals surface area contributed by atoms with Crippen molar-refractivity contribution >= 4 is 17.2 Å². The second-order valence-corrected chi connectivity index (χ2v) is 7.51. The molecule has 3 nitrogen and oxygen atoms in total. The van der Waals surface area contributed by atoms with Crippen molar-refractivity contribution in [3.8, 4) is 0 Å². The predicted molar refractivity (Wildman–Crippen MR) is 100 cm³/mol. The molecule has 1 atom stereocenters. The number of rotatable bonds is 5. The van der Waals surface area contributed by atoms with Crippen LogP contribution in [-0.2, 0) is 4.79 Å². The second-order valence-electron chi connectivity index (χ2n) is 6.53. The summed E-state index contributed by atoms with van der Waals surface area (Å²) in [6.07, 6.45) is 5.90. The highest BCUT2D eigenvalue weighted by atomic mass is 32.1. The van der Waals surface area contributed by atoms with Crippen LogP contribution in [0, 0.1) is 5.82 Å². The van der Waals surface area contributed by atoms with E-state index in [0.717, 1.165) is 36.4 Å². The number of thiophene rings is 1. The van der Waals surface area contributed by atoms with Gasteiger partial charge in [-0.05, 0) is 42.0 Å². The molecule has 25 heavy (non-hydrogen) atoms. The van der Waals surface area contributed by atoms with Gasteiger partial charge in [-0.2, -0.15) is 0 Å². The van der Waals surface area contributed by atoms with Crippen molar-refractivity contribution in [1.82, 2.24) is 10.2 Å². The zero-order valence-electron chi connectivity index (χ0n) is 14.4. The molecule has 1 saturated heterocycles. The molecule has 1 aliphatic heterocycles. The van der Waals surface area contributed by atoms with Crippen molar-refractivity contribution in [2.45, 2.75) is 38.1 Å². The molecule has 1 fully saturated rings. The molecule has 0 radical (unpaired) electrons. The van der Waals surface area contributed by atoms with E-state index in [4.69, 9.17) is 0 Å². The summed E-state index contributed by atoms with van der Waals surface area (Å²) in [5, 5.41) is 5.41. The lowest BCUT2D eigenvalue weighted by molar-refractivity contribution is -0.130. The number of carbonyl (C=O) groups excluding carboxylic acids is 1. The number of benzene rings is 1. The van der Waals surface area contributed by atoms with Gasteiger partial charge in [-0.15, -0.1) is 11.3 Å². The predicted octanol–water partition coefficient (Wildman–Crippen LogP) is 4.36. The van der Waals surface area contributed by atoms with Crippen LogP contribution >= 0.6 is 11.3 Å². The van der Waals surface area contributed by atoms with Crippen LogP contribution in [0.3, 0.4) is 0 Å². The van der Waals surface area contributed by atoms with Crippen LogP contribution in [0.25, 0.3) is 0 Å². The van der Waals surface area contributed by atoms with E-state index in [1.165, 1.54) is 31.4 Å². The van der Waals surface area contributed by atoms with Gasteiger partial charge in [-0.3, -0.25) is 10.1 Å². The maximum atomic E-state index is 13.2. The van der Waals surface area contributed by atoms with Crippen molar-refractivity contribution in [2.24, 2.45) is 0 Å². The normalized spacial score (nSPS) is 16.9. The lowest BCUT2D eigenvalue weighted by Gasteiger charge is -2.26. The number of hydrogen-bond donors (Lipinski definition) is 1. The third kappa shape index (κ3) is 5.13. The van der Waals surface area contributed by atoms with Gasteiger partial charge in [0, 0.05) is 18.0 Å². The number of nitrogens with zero attached hydrogens (tertiary/aromatic N) is 1. The average Bonchev–Trinajstić information content (AvgIpc) is 3.10. The summed E-state index contributed by atoms with van der Waals surface area (Å²) in [4.78, 5) is 15.7. The molecular formula is C20H25FN2OS. The molecule has 0 bridgehead atoms. The molecule has 1 unspecified atom stereocenters. The van der Waals surface area contributed by atoms with Gasteiger partial charge in [0.2, 0.25) is 5.91 Å². The smallest absolute Gasteiger partial charge is 0.236 e. The summed E-state index contributed by atoms with van der Waals surface area (Å²) >= 11 is 1.64. The first-order valence-electron chi connectivity index (χ1n) is 9.04. The van der Waals surface area contributed by atoms with Gasteiger partial charge in [0.25, 0.3) is 0 Å². The van der Waals surface area contributed by atoms with E-state index in [1.54, 1.807) is 23.5 Å². The molecule has 5 heteroatoms. The Hall–Kier alpha value is -1.72. The third-order valence-electron chi connectivity index (χ3n) is 4.70. The molecule has 2 aromatic rings. The highest BCUT2D eigenvalue weighted by Crippen LogP contribution is 2.26. The molecule has 0 aliphatic carbocycles. The summed E-state index contributed by atoms with van der Waals surface area (Å²) in [5.74, 6) is -0.0871. The minimum Gasteiger partial charge on any atom is -0.342 e. The Kier molecular flexibility index (Phi) is 6.59. The van der Waals surface area contributed by atoms with Crippen molar-refractivity contribution in [2.75, 3.05) is 19.6 Å². The van der Waals surface area contributed by atoms with E-state index in [9.17, 15) is 9.18 Å². The SMILES string of the molecule is O=C(CNC(c1ccc(F)cc1)c1cccs1)N1CCCCCCC1. The van der Waals surface area contributed by atoms with Gasteiger partial charge in [-0.25, -0.2) is 4.39 Å². The van der Waals surface area contributed by atoms with Crippen LogP contribution in [0.15, 0.2) is 41.8 Å². The Morgan fingerprint density at radius 3 is 2.40 bits per heavy atom. The number of amides is 1. The number of halogens is 1. The van der Waals surface area contributed by atoms with Crippen molar-refractivity contribution in [3.63, 3.8) is 0 Å². The molecule has 1 N–H and O–H groups in total. The Morgan fingerprint density at radius 2 is 1.76 bits per heavy atom.